The van der Waals surface area contributed by atoms with Gasteiger partial charge in [-0.15, -0.1) is 0 Å². The predicted molar refractivity (Wildman–Crippen MR) is 83.3 cm³/mol. The van der Waals surface area contributed by atoms with E-state index in [-0.39, 0.29) is 6.10 Å². The summed E-state index contributed by atoms with van der Waals surface area (Å²) in [6.07, 6.45) is 6.18. The van der Waals surface area contributed by atoms with Gasteiger partial charge in [0.1, 0.15) is 5.65 Å². The van der Waals surface area contributed by atoms with Gasteiger partial charge in [0.15, 0.2) is 0 Å². The number of fused-ring (bicyclic) bond motifs is 1. The number of hydrogen-bond donors (Lipinski definition) is 2. The number of nitrogens with zero attached hydrogens (tertiary/aromatic N) is 3. The highest BCUT2D eigenvalue weighted by atomic mass is 16.3. The largest absolute Gasteiger partial charge is 0.390 e. The van der Waals surface area contributed by atoms with Gasteiger partial charge in [0.2, 0.25) is 0 Å². The first-order valence-electron chi connectivity index (χ1n) is 7.76. The lowest BCUT2D eigenvalue weighted by Gasteiger charge is -2.19. The second kappa shape index (κ2) is 6.56. The Kier molecular flexibility index (Phi) is 4.53. The molecular formula is C16H24N4O. The Balaban J connectivity index is 1.49. The molecule has 1 atom stereocenters. The first-order chi connectivity index (χ1) is 10.2. The van der Waals surface area contributed by atoms with Crippen LogP contribution in [-0.2, 0) is 6.54 Å². The topological polar surface area (TPSA) is 52.8 Å². The summed E-state index contributed by atoms with van der Waals surface area (Å²) in [7, 11) is 0. The summed E-state index contributed by atoms with van der Waals surface area (Å²) in [6.45, 7) is 6.45. The quantitative estimate of drug-likeness (QED) is 0.838. The van der Waals surface area contributed by atoms with Gasteiger partial charge in [-0.05, 0) is 50.6 Å². The summed E-state index contributed by atoms with van der Waals surface area (Å²) >= 11 is 0. The highest BCUT2D eigenvalue weighted by Crippen LogP contribution is 2.09. The van der Waals surface area contributed by atoms with E-state index in [4.69, 9.17) is 0 Å². The molecule has 0 saturated carbocycles. The summed E-state index contributed by atoms with van der Waals surface area (Å²) in [5, 5.41) is 13.4. The third kappa shape index (κ3) is 3.61. The molecule has 2 aromatic heterocycles. The molecule has 1 fully saturated rings. The minimum absolute atomic E-state index is 0.301. The van der Waals surface area contributed by atoms with E-state index in [1.54, 1.807) is 0 Å². The molecule has 2 N–H and O–H groups in total. The minimum atomic E-state index is -0.301. The van der Waals surface area contributed by atoms with Crippen molar-refractivity contribution in [2.75, 3.05) is 26.2 Å². The van der Waals surface area contributed by atoms with Crippen molar-refractivity contribution < 1.29 is 5.11 Å². The molecule has 0 bridgehead atoms. The van der Waals surface area contributed by atoms with Crippen molar-refractivity contribution in [1.82, 2.24) is 19.6 Å². The maximum Gasteiger partial charge on any atom is 0.137 e. The van der Waals surface area contributed by atoms with Crippen molar-refractivity contribution in [3.8, 4) is 0 Å². The van der Waals surface area contributed by atoms with E-state index in [1.807, 2.05) is 6.20 Å². The number of aromatic nitrogens is 2. The normalized spacial score (nSPS) is 17.6. The second-order valence-corrected chi connectivity index (χ2v) is 5.97. The lowest BCUT2D eigenvalue weighted by Crippen LogP contribution is -2.36. The fraction of sp³-hybridized carbons (Fsp3) is 0.562. The third-order valence-corrected chi connectivity index (χ3v) is 4.10. The number of rotatable bonds is 6. The maximum absolute atomic E-state index is 10.1. The van der Waals surface area contributed by atoms with Crippen molar-refractivity contribution >= 4 is 5.65 Å². The number of aryl methyl sites for hydroxylation is 1. The Bertz CT molecular complexity index is 589. The van der Waals surface area contributed by atoms with Crippen molar-refractivity contribution in [1.29, 1.82) is 0 Å². The van der Waals surface area contributed by atoms with Crippen LogP contribution in [0.3, 0.4) is 0 Å². The van der Waals surface area contributed by atoms with Gasteiger partial charge in [-0.3, -0.25) is 0 Å². The molecule has 3 rings (SSSR count). The van der Waals surface area contributed by atoms with E-state index in [0.717, 1.165) is 37.5 Å². The minimum Gasteiger partial charge on any atom is -0.390 e. The molecule has 114 valence electrons. The van der Waals surface area contributed by atoms with Crippen LogP contribution in [0.5, 0.6) is 0 Å². The standard InChI is InChI=1S/C16H24N4O/c1-13-4-7-20-14(10-18-16(20)8-13)9-17-11-15(21)12-19-5-2-3-6-19/h4,7-8,10,15,17,21H,2-3,5-6,9,11-12H2,1H3. The molecule has 0 aromatic carbocycles. The number of aliphatic hydroxyl groups excluding tert-OH is 1. The Morgan fingerprint density at radius 3 is 3.00 bits per heavy atom. The number of β-amino-alcohol motifs (C(OH)–C–C–N with tert-alkyl or cyclic N) is 1. The van der Waals surface area contributed by atoms with Gasteiger partial charge < -0.3 is 19.7 Å². The molecule has 1 unspecified atom stereocenters. The number of hydrogen-bond acceptors (Lipinski definition) is 4. The Morgan fingerprint density at radius 2 is 2.19 bits per heavy atom. The van der Waals surface area contributed by atoms with Gasteiger partial charge in [0.25, 0.3) is 0 Å². The average molecular weight is 288 g/mol. The van der Waals surface area contributed by atoms with Crippen molar-refractivity contribution in [3.05, 3.63) is 35.8 Å². The van der Waals surface area contributed by atoms with Crippen molar-refractivity contribution in [2.24, 2.45) is 0 Å². The molecule has 21 heavy (non-hydrogen) atoms. The van der Waals surface area contributed by atoms with Crippen LogP contribution in [0, 0.1) is 6.92 Å². The average Bonchev–Trinajstić information content (AvgIpc) is 3.08. The van der Waals surface area contributed by atoms with E-state index < -0.39 is 0 Å². The molecule has 2 aromatic rings. The van der Waals surface area contributed by atoms with Crippen LogP contribution in [0.4, 0.5) is 0 Å². The maximum atomic E-state index is 10.1. The van der Waals surface area contributed by atoms with E-state index >= 15 is 0 Å². The first kappa shape index (κ1) is 14.5. The van der Waals surface area contributed by atoms with Crippen LogP contribution in [0.2, 0.25) is 0 Å². The van der Waals surface area contributed by atoms with Gasteiger partial charge in [-0.2, -0.15) is 0 Å². The highest BCUT2D eigenvalue weighted by Gasteiger charge is 2.15. The summed E-state index contributed by atoms with van der Waals surface area (Å²) in [5.74, 6) is 0. The molecule has 1 aliphatic rings. The molecule has 3 heterocycles. The molecule has 0 radical (unpaired) electrons. The number of likely N-dealkylation sites (tertiary alicyclic amines) is 1. The summed E-state index contributed by atoms with van der Waals surface area (Å²) in [6, 6.07) is 4.16. The van der Waals surface area contributed by atoms with Crippen LogP contribution >= 0.6 is 0 Å². The van der Waals surface area contributed by atoms with Gasteiger partial charge in [0, 0.05) is 25.8 Å². The molecular weight excluding hydrogens is 264 g/mol. The Hall–Kier alpha value is -1.43. The zero-order valence-corrected chi connectivity index (χ0v) is 12.6. The van der Waals surface area contributed by atoms with Gasteiger partial charge in [-0.25, -0.2) is 4.98 Å². The second-order valence-electron chi connectivity index (χ2n) is 5.97. The number of pyridine rings is 1. The van der Waals surface area contributed by atoms with Crippen molar-refractivity contribution in [3.63, 3.8) is 0 Å². The molecule has 1 saturated heterocycles. The number of aliphatic hydroxyl groups is 1. The summed E-state index contributed by atoms with van der Waals surface area (Å²) in [4.78, 5) is 6.75. The number of imidazole rings is 1. The fourth-order valence-corrected chi connectivity index (χ4v) is 2.96. The van der Waals surface area contributed by atoms with E-state index in [0.29, 0.717) is 6.54 Å². The fourth-order valence-electron chi connectivity index (χ4n) is 2.96. The molecule has 0 aliphatic carbocycles. The van der Waals surface area contributed by atoms with Gasteiger partial charge in [0.05, 0.1) is 18.0 Å². The lowest BCUT2D eigenvalue weighted by molar-refractivity contribution is 0.123. The van der Waals surface area contributed by atoms with Crippen molar-refractivity contribution in [2.45, 2.75) is 32.4 Å². The summed E-state index contributed by atoms with van der Waals surface area (Å²) in [5.41, 5.74) is 3.32. The Morgan fingerprint density at radius 1 is 1.38 bits per heavy atom. The van der Waals surface area contributed by atoms with Crippen LogP contribution < -0.4 is 5.32 Å². The zero-order chi connectivity index (χ0) is 14.7. The van der Waals surface area contributed by atoms with Crippen LogP contribution in [0.15, 0.2) is 24.5 Å². The Labute approximate surface area is 125 Å². The molecule has 5 nitrogen and oxygen atoms in total. The highest BCUT2D eigenvalue weighted by molar-refractivity contribution is 5.42. The van der Waals surface area contributed by atoms with Crippen LogP contribution in [0.25, 0.3) is 5.65 Å². The van der Waals surface area contributed by atoms with Crippen LogP contribution in [0.1, 0.15) is 24.1 Å². The predicted octanol–water partition coefficient (Wildman–Crippen LogP) is 1.19. The van der Waals surface area contributed by atoms with Crippen LogP contribution in [-0.4, -0.2) is 51.7 Å². The smallest absolute Gasteiger partial charge is 0.137 e. The molecule has 5 heteroatoms. The third-order valence-electron chi connectivity index (χ3n) is 4.10. The summed E-state index contributed by atoms with van der Waals surface area (Å²) < 4.78 is 2.09. The molecule has 0 amide bonds. The van der Waals surface area contributed by atoms with Gasteiger partial charge in [-0.1, -0.05) is 0 Å². The zero-order valence-electron chi connectivity index (χ0n) is 12.6. The molecule has 1 aliphatic heterocycles. The number of nitrogens with one attached hydrogen (secondary N) is 1. The molecule has 0 spiro atoms. The van der Waals surface area contributed by atoms with Gasteiger partial charge >= 0.3 is 0 Å². The monoisotopic (exact) mass is 288 g/mol. The van der Waals surface area contributed by atoms with E-state index in [2.05, 4.69) is 44.9 Å². The lowest BCUT2D eigenvalue weighted by atomic mass is 10.3. The SMILES string of the molecule is Cc1ccn2c(CNCC(O)CN3CCCC3)cnc2c1. The first-order valence-corrected chi connectivity index (χ1v) is 7.76. The van der Waals surface area contributed by atoms with E-state index in [1.165, 1.54) is 18.4 Å². The van der Waals surface area contributed by atoms with E-state index in [9.17, 15) is 5.11 Å².